The monoisotopic (exact) mass is 141 g/mol. The molecule has 0 aliphatic heterocycles. The molecule has 0 aliphatic carbocycles. The lowest BCUT2D eigenvalue weighted by Crippen LogP contribution is -2.14. The highest BCUT2D eigenvalue weighted by molar-refractivity contribution is 5.02. The Morgan fingerprint density at radius 1 is 1.80 bits per heavy atom. The molecule has 3 heteroatoms. The first-order valence-electron chi connectivity index (χ1n) is 3.31. The molecular formula is C7H11NO2. The molecule has 1 heterocycles. The molecule has 0 saturated carbocycles. The molecule has 1 rings (SSSR count). The lowest BCUT2D eigenvalue weighted by molar-refractivity contribution is 0.113. The quantitative estimate of drug-likeness (QED) is 0.630. The molecule has 0 aromatic carbocycles. The summed E-state index contributed by atoms with van der Waals surface area (Å²) in [5, 5.41) is 8.59. The van der Waals surface area contributed by atoms with Crippen LogP contribution in [0.3, 0.4) is 0 Å². The first-order valence-corrected chi connectivity index (χ1v) is 3.31. The Morgan fingerprint density at radius 2 is 2.60 bits per heavy atom. The second-order valence-electron chi connectivity index (χ2n) is 2.11. The van der Waals surface area contributed by atoms with E-state index in [4.69, 9.17) is 9.62 Å². The van der Waals surface area contributed by atoms with Crippen LogP contribution in [-0.2, 0) is 0 Å². The smallest absolute Gasteiger partial charge is 0.122 e. The van der Waals surface area contributed by atoms with Crippen molar-refractivity contribution in [3.8, 4) is 0 Å². The van der Waals surface area contributed by atoms with E-state index in [2.05, 4.69) is 5.48 Å². The SMILES string of the molecule is CCC(NO)c1ccco1. The Morgan fingerprint density at radius 3 is 3.00 bits per heavy atom. The van der Waals surface area contributed by atoms with Crippen LogP contribution in [0.2, 0.25) is 0 Å². The zero-order valence-corrected chi connectivity index (χ0v) is 5.87. The molecule has 0 fully saturated rings. The van der Waals surface area contributed by atoms with Gasteiger partial charge in [0.2, 0.25) is 0 Å². The van der Waals surface area contributed by atoms with Gasteiger partial charge >= 0.3 is 0 Å². The molecule has 10 heavy (non-hydrogen) atoms. The van der Waals surface area contributed by atoms with Gasteiger partial charge in [-0.05, 0) is 18.6 Å². The zero-order valence-electron chi connectivity index (χ0n) is 5.87. The third-order valence-electron chi connectivity index (χ3n) is 1.45. The van der Waals surface area contributed by atoms with E-state index in [1.165, 1.54) is 0 Å². The van der Waals surface area contributed by atoms with Gasteiger partial charge in [-0.25, -0.2) is 0 Å². The second-order valence-corrected chi connectivity index (χ2v) is 2.11. The van der Waals surface area contributed by atoms with Crippen LogP contribution >= 0.6 is 0 Å². The maximum absolute atomic E-state index is 8.59. The van der Waals surface area contributed by atoms with Crippen LogP contribution in [0.25, 0.3) is 0 Å². The van der Waals surface area contributed by atoms with E-state index in [1.807, 2.05) is 13.0 Å². The lowest BCUT2D eigenvalue weighted by Gasteiger charge is -2.07. The zero-order chi connectivity index (χ0) is 7.40. The molecule has 1 unspecified atom stereocenters. The van der Waals surface area contributed by atoms with E-state index in [0.717, 1.165) is 12.2 Å². The van der Waals surface area contributed by atoms with Crippen molar-refractivity contribution in [2.24, 2.45) is 0 Å². The van der Waals surface area contributed by atoms with Crippen LogP contribution in [0.4, 0.5) is 0 Å². The molecular weight excluding hydrogens is 130 g/mol. The standard InChI is InChI=1S/C7H11NO2/c1-2-6(8-9)7-4-3-5-10-7/h3-6,8-9H,2H2,1H3. The van der Waals surface area contributed by atoms with E-state index in [9.17, 15) is 0 Å². The predicted molar refractivity (Wildman–Crippen MR) is 36.7 cm³/mol. The summed E-state index contributed by atoms with van der Waals surface area (Å²) >= 11 is 0. The van der Waals surface area contributed by atoms with Gasteiger partial charge in [-0.15, -0.1) is 0 Å². The number of hydroxylamine groups is 1. The van der Waals surface area contributed by atoms with Crippen LogP contribution in [0.1, 0.15) is 25.1 Å². The lowest BCUT2D eigenvalue weighted by atomic mass is 10.2. The summed E-state index contributed by atoms with van der Waals surface area (Å²) in [6.45, 7) is 1.97. The van der Waals surface area contributed by atoms with Gasteiger partial charge in [0.25, 0.3) is 0 Å². The molecule has 1 aromatic rings. The summed E-state index contributed by atoms with van der Waals surface area (Å²) in [6.07, 6.45) is 2.40. The third-order valence-corrected chi connectivity index (χ3v) is 1.45. The minimum Gasteiger partial charge on any atom is -0.468 e. The van der Waals surface area contributed by atoms with E-state index in [1.54, 1.807) is 12.3 Å². The first kappa shape index (κ1) is 7.31. The van der Waals surface area contributed by atoms with Crippen molar-refractivity contribution in [3.63, 3.8) is 0 Å². The van der Waals surface area contributed by atoms with E-state index < -0.39 is 0 Å². The Bertz CT molecular complexity index is 168. The van der Waals surface area contributed by atoms with E-state index >= 15 is 0 Å². The largest absolute Gasteiger partial charge is 0.468 e. The van der Waals surface area contributed by atoms with Gasteiger partial charge in [0.1, 0.15) is 5.76 Å². The topological polar surface area (TPSA) is 45.4 Å². The van der Waals surface area contributed by atoms with Gasteiger partial charge in [0.05, 0.1) is 12.3 Å². The Balaban J connectivity index is 2.64. The minimum atomic E-state index is -0.0741. The average molecular weight is 141 g/mol. The predicted octanol–water partition coefficient (Wildman–Crippen LogP) is 1.71. The van der Waals surface area contributed by atoms with Crippen LogP contribution in [0, 0.1) is 0 Å². The highest BCUT2D eigenvalue weighted by Crippen LogP contribution is 2.15. The fraction of sp³-hybridized carbons (Fsp3) is 0.429. The Kier molecular flexibility index (Phi) is 2.48. The maximum Gasteiger partial charge on any atom is 0.122 e. The molecule has 1 atom stereocenters. The highest BCUT2D eigenvalue weighted by atomic mass is 16.5. The van der Waals surface area contributed by atoms with Crippen molar-refractivity contribution in [1.82, 2.24) is 5.48 Å². The molecule has 3 nitrogen and oxygen atoms in total. The van der Waals surface area contributed by atoms with Crippen LogP contribution in [0.15, 0.2) is 22.8 Å². The molecule has 2 N–H and O–H groups in total. The summed E-state index contributed by atoms with van der Waals surface area (Å²) in [6, 6.07) is 3.56. The fourth-order valence-corrected chi connectivity index (χ4v) is 0.846. The van der Waals surface area contributed by atoms with Crippen LogP contribution < -0.4 is 5.48 Å². The number of hydrogen-bond donors (Lipinski definition) is 2. The summed E-state index contributed by atoms with van der Waals surface area (Å²) < 4.78 is 5.05. The molecule has 1 aromatic heterocycles. The number of nitrogens with one attached hydrogen (secondary N) is 1. The molecule has 0 radical (unpaired) electrons. The van der Waals surface area contributed by atoms with Crippen LogP contribution in [0.5, 0.6) is 0 Å². The summed E-state index contributed by atoms with van der Waals surface area (Å²) in [5.74, 6) is 0.769. The van der Waals surface area contributed by atoms with Crippen molar-refractivity contribution in [2.75, 3.05) is 0 Å². The number of furan rings is 1. The second kappa shape index (κ2) is 3.39. The molecule has 0 saturated heterocycles. The number of rotatable bonds is 3. The minimum absolute atomic E-state index is 0.0741. The van der Waals surface area contributed by atoms with Gasteiger partial charge in [0.15, 0.2) is 0 Å². The molecule has 0 aliphatic rings. The maximum atomic E-state index is 8.59. The van der Waals surface area contributed by atoms with Gasteiger partial charge < -0.3 is 9.62 Å². The normalized spacial score (nSPS) is 13.4. The first-order chi connectivity index (χ1) is 4.88. The van der Waals surface area contributed by atoms with Crippen molar-refractivity contribution < 1.29 is 9.62 Å². The average Bonchev–Trinajstić information content (AvgIpc) is 2.43. The van der Waals surface area contributed by atoms with Crippen molar-refractivity contribution in [2.45, 2.75) is 19.4 Å². The molecule has 0 bridgehead atoms. The summed E-state index contributed by atoms with van der Waals surface area (Å²) in [4.78, 5) is 0. The van der Waals surface area contributed by atoms with Crippen molar-refractivity contribution >= 4 is 0 Å². The van der Waals surface area contributed by atoms with Crippen LogP contribution in [-0.4, -0.2) is 5.21 Å². The van der Waals surface area contributed by atoms with Crippen molar-refractivity contribution in [3.05, 3.63) is 24.2 Å². The summed E-state index contributed by atoms with van der Waals surface area (Å²) in [5.41, 5.74) is 2.16. The molecule has 0 amide bonds. The van der Waals surface area contributed by atoms with E-state index in [0.29, 0.717) is 0 Å². The Labute approximate surface area is 59.6 Å². The van der Waals surface area contributed by atoms with Gasteiger partial charge in [-0.3, -0.25) is 0 Å². The molecule has 56 valence electrons. The van der Waals surface area contributed by atoms with E-state index in [-0.39, 0.29) is 6.04 Å². The fourth-order valence-electron chi connectivity index (χ4n) is 0.846. The van der Waals surface area contributed by atoms with Gasteiger partial charge in [-0.1, -0.05) is 6.92 Å². The highest BCUT2D eigenvalue weighted by Gasteiger charge is 2.08. The number of hydrogen-bond acceptors (Lipinski definition) is 3. The summed E-state index contributed by atoms with van der Waals surface area (Å²) in [7, 11) is 0. The molecule has 0 spiro atoms. The Hall–Kier alpha value is -0.800. The van der Waals surface area contributed by atoms with Gasteiger partial charge in [0, 0.05) is 0 Å². The van der Waals surface area contributed by atoms with Crippen molar-refractivity contribution in [1.29, 1.82) is 0 Å². The third kappa shape index (κ3) is 1.37. The van der Waals surface area contributed by atoms with Gasteiger partial charge in [-0.2, -0.15) is 5.48 Å².